The van der Waals surface area contributed by atoms with E-state index in [-0.39, 0.29) is 11.9 Å². The van der Waals surface area contributed by atoms with Crippen LogP contribution in [0.15, 0.2) is 24.3 Å². The largest absolute Gasteiger partial charge is 0.329 e. The maximum absolute atomic E-state index is 13.9. The van der Waals surface area contributed by atoms with E-state index in [1.165, 1.54) is 6.07 Å². The Kier molecular flexibility index (Phi) is 6.46. The average molecular weight is 266 g/mol. The minimum absolute atomic E-state index is 0.0374. The third-order valence-corrected chi connectivity index (χ3v) is 4.32. The van der Waals surface area contributed by atoms with Crippen LogP contribution >= 0.6 is 0 Å². The molecular weight excluding hydrogens is 239 g/mol. The fraction of sp³-hybridized carbons (Fsp3) is 0.625. The van der Waals surface area contributed by atoms with E-state index < -0.39 is 0 Å². The monoisotopic (exact) mass is 266 g/mol. The molecule has 1 aromatic rings. The van der Waals surface area contributed by atoms with Gasteiger partial charge in [0, 0.05) is 24.2 Å². The summed E-state index contributed by atoms with van der Waals surface area (Å²) in [7, 11) is 2.05. The second kappa shape index (κ2) is 7.61. The van der Waals surface area contributed by atoms with Gasteiger partial charge in [-0.1, -0.05) is 44.9 Å². The van der Waals surface area contributed by atoms with Crippen molar-refractivity contribution >= 4 is 0 Å². The highest BCUT2D eigenvalue weighted by molar-refractivity contribution is 5.20. The molecule has 3 heteroatoms. The summed E-state index contributed by atoms with van der Waals surface area (Å²) in [6.45, 7) is 7.04. The predicted molar refractivity (Wildman–Crippen MR) is 79.5 cm³/mol. The van der Waals surface area contributed by atoms with Crippen LogP contribution in [0.3, 0.4) is 0 Å². The Morgan fingerprint density at radius 2 is 1.79 bits per heavy atom. The highest BCUT2D eigenvalue weighted by Gasteiger charge is 2.26. The predicted octanol–water partition coefficient (Wildman–Crippen LogP) is 3.58. The van der Waals surface area contributed by atoms with Crippen LogP contribution in [0.1, 0.15) is 45.2 Å². The Morgan fingerprint density at radius 1 is 1.21 bits per heavy atom. The van der Waals surface area contributed by atoms with Crippen LogP contribution in [0.5, 0.6) is 0 Å². The van der Waals surface area contributed by atoms with Crippen molar-refractivity contribution in [2.24, 2.45) is 11.7 Å². The number of nitrogens with zero attached hydrogens (tertiary/aromatic N) is 1. The van der Waals surface area contributed by atoms with Crippen molar-refractivity contribution in [3.63, 3.8) is 0 Å². The van der Waals surface area contributed by atoms with E-state index >= 15 is 0 Å². The van der Waals surface area contributed by atoms with Gasteiger partial charge in [-0.2, -0.15) is 0 Å². The van der Waals surface area contributed by atoms with Crippen molar-refractivity contribution in [2.45, 2.75) is 45.7 Å². The first-order chi connectivity index (χ1) is 9.06. The van der Waals surface area contributed by atoms with Gasteiger partial charge >= 0.3 is 0 Å². The SMILES string of the molecule is CCC(CC)C(CN)N(C)C(C)c1ccccc1F. The van der Waals surface area contributed by atoms with Crippen LogP contribution in [-0.2, 0) is 0 Å². The molecule has 0 aliphatic carbocycles. The molecule has 0 saturated heterocycles. The Labute approximate surface area is 116 Å². The molecule has 0 saturated carbocycles. The second-order valence-electron chi connectivity index (χ2n) is 5.24. The normalized spacial score (nSPS) is 14.9. The third kappa shape index (κ3) is 3.77. The van der Waals surface area contributed by atoms with E-state index in [9.17, 15) is 4.39 Å². The highest BCUT2D eigenvalue weighted by atomic mass is 19.1. The van der Waals surface area contributed by atoms with E-state index in [0.717, 1.165) is 18.4 Å². The van der Waals surface area contributed by atoms with Crippen LogP contribution in [-0.4, -0.2) is 24.5 Å². The maximum atomic E-state index is 13.9. The van der Waals surface area contributed by atoms with Crippen molar-refractivity contribution < 1.29 is 4.39 Å². The Balaban J connectivity index is 2.91. The summed E-state index contributed by atoms with van der Waals surface area (Å²) in [5.41, 5.74) is 6.69. The van der Waals surface area contributed by atoms with Gasteiger partial charge in [0.2, 0.25) is 0 Å². The third-order valence-electron chi connectivity index (χ3n) is 4.32. The molecule has 2 unspecified atom stereocenters. The highest BCUT2D eigenvalue weighted by Crippen LogP contribution is 2.27. The number of halogens is 1. The molecular formula is C16H27FN2. The number of hydrogen-bond donors (Lipinski definition) is 1. The van der Waals surface area contributed by atoms with Crippen LogP contribution in [0.25, 0.3) is 0 Å². The first kappa shape index (κ1) is 16.1. The fourth-order valence-corrected chi connectivity index (χ4v) is 2.84. The molecule has 0 heterocycles. The van der Waals surface area contributed by atoms with Gasteiger partial charge in [0.25, 0.3) is 0 Å². The molecule has 0 aromatic heterocycles. The zero-order valence-corrected chi connectivity index (χ0v) is 12.6. The number of benzene rings is 1. The standard InChI is InChI=1S/C16H27FN2/c1-5-13(6-2)16(11-18)19(4)12(3)14-9-7-8-10-15(14)17/h7-10,12-13,16H,5-6,11,18H2,1-4H3. The molecule has 2 atom stereocenters. The van der Waals surface area contributed by atoms with Crippen molar-refractivity contribution in [1.29, 1.82) is 0 Å². The van der Waals surface area contributed by atoms with Gasteiger partial charge in [0.05, 0.1) is 0 Å². The summed E-state index contributed by atoms with van der Waals surface area (Å²) in [6, 6.07) is 7.33. The van der Waals surface area contributed by atoms with Gasteiger partial charge in [-0.05, 0) is 26.0 Å². The molecule has 19 heavy (non-hydrogen) atoms. The first-order valence-electron chi connectivity index (χ1n) is 7.23. The molecule has 1 rings (SSSR count). The summed E-state index contributed by atoms with van der Waals surface area (Å²) in [5, 5.41) is 0. The van der Waals surface area contributed by atoms with E-state index in [1.54, 1.807) is 6.07 Å². The summed E-state index contributed by atoms with van der Waals surface area (Å²) < 4.78 is 13.9. The van der Waals surface area contributed by atoms with Crippen molar-refractivity contribution in [3.05, 3.63) is 35.6 Å². The lowest BCUT2D eigenvalue weighted by molar-refractivity contribution is 0.128. The van der Waals surface area contributed by atoms with Crippen molar-refractivity contribution in [1.82, 2.24) is 4.90 Å². The summed E-state index contributed by atoms with van der Waals surface area (Å²) >= 11 is 0. The summed E-state index contributed by atoms with van der Waals surface area (Å²) in [4.78, 5) is 2.22. The van der Waals surface area contributed by atoms with Crippen molar-refractivity contribution in [3.8, 4) is 0 Å². The lowest BCUT2D eigenvalue weighted by atomic mass is 9.91. The number of hydrogen-bond acceptors (Lipinski definition) is 2. The topological polar surface area (TPSA) is 29.3 Å². The van der Waals surface area contributed by atoms with Gasteiger partial charge in [-0.25, -0.2) is 4.39 Å². The Bertz CT molecular complexity index is 377. The summed E-state index contributed by atoms with van der Waals surface area (Å²) in [6.07, 6.45) is 2.21. The molecule has 2 nitrogen and oxygen atoms in total. The van der Waals surface area contributed by atoms with Crippen LogP contribution in [0.4, 0.5) is 4.39 Å². The van der Waals surface area contributed by atoms with Gasteiger partial charge < -0.3 is 5.73 Å². The van der Waals surface area contributed by atoms with E-state index in [0.29, 0.717) is 18.5 Å². The lowest BCUT2D eigenvalue weighted by Crippen LogP contribution is -2.44. The van der Waals surface area contributed by atoms with Gasteiger partial charge in [0.1, 0.15) is 5.82 Å². The summed E-state index contributed by atoms with van der Waals surface area (Å²) in [5.74, 6) is 0.423. The Hall–Kier alpha value is -0.930. The maximum Gasteiger partial charge on any atom is 0.127 e. The van der Waals surface area contributed by atoms with Crippen LogP contribution in [0, 0.1) is 11.7 Å². The van der Waals surface area contributed by atoms with E-state index in [1.807, 2.05) is 26.1 Å². The van der Waals surface area contributed by atoms with E-state index in [2.05, 4.69) is 18.7 Å². The molecule has 0 radical (unpaired) electrons. The second-order valence-corrected chi connectivity index (χ2v) is 5.24. The van der Waals surface area contributed by atoms with Crippen molar-refractivity contribution in [2.75, 3.05) is 13.6 Å². The number of likely N-dealkylation sites (N-methyl/N-ethyl adjacent to an activating group) is 1. The molecule has 0 spiro atoms. The van der Waals surface area contributed by atoms with Gasteiger partial charge in [0.15, 0.2) is 0 Å². The fourth-order valence-electron chi connectivity index (χ4n) is 2.84. The zero-order chi connectivity index (χ0) is 14.4. The number of rotatable bonds is 7. The minimum Gasteiger partial charge on any atom is -0.329 e. The molecule has 0 bridgehead atoms. The molecule has 1 aromatic carbocycles. The average Bonchev–Trinajstić information content (AvgIpc) is 2.43. The molecule has 108 valence electrons. The molecule has 0 aliphatic heterocycles. The molecule has 0 fully saturated rings. The lowest BCUT2D eigenvalue weighted by Gasteiger charge is -2.37. The first-order valence-corrected chi connectivity index (χ1v) is 7.23. The van der Waals surface area contributed by atoms with Gasteiger partial charge in [-0.3, -0.25) is 4.90 Å². The Morgan fingerprint density at radius 3 is 2.26 bits per heavy atom. The molecule has 0 amide bonds. The zero-order valence-electron chi connectivity index (χ0n) is 12.6. The molecule has 0 aliphatic rings. The molecule has 2 N–H and O–H groups in total. The van der Waals surface area contributed by atoms with Crippen LogP contribution in [0.2, 0.25) is 0 Å². The minimum atomic E-state index is -0.137. The van der Waals surface area contributed by atoms with E-state index in [4.69, 9.17) is 5.73 Å². The van der Waals surface area contributed by atoms with Crippen LogP contribution < -0.4 is 5.73 Å². The van der Waals surface area contributed by atoms with Gasteiger partial charge in [-0.15, -0.1) is 0 Å². The smallest absolute Gasteiger partial charge is 0.127 e. The quantitative estimate of drug-likeness (QED) is 0.817. The number of nitrogens with two attached hydrogens (primary N) is 1.